The number of benzene rings is 1. The third kappa shape index (κ3) is 6.35. The van der Waals surface area contributed by atoms with Gasteiger partial charge in [-0.05, 0) is 31.5 Å². The molecule has 0 amide bonds. The molecule has 21 heavy (non-hydrogen) atoms. The number of hydrogen-bond acceptors (Lipinski definition) is 5. The Kier molecular flexibility index (Phi) is 6.98. The monoisotopic (exact) mass is 315 g/mol. The van der Waals surface area contributed by atoms with Gasteiger partial charge < -0.3 is 14.8 Å². The van der Waals surface area contributed by atoms with Crippen LogP contribution in [-0.2, 0) is 14.6 Å². The summed E-state index contributed by atoms with van der Waals surface area (Å²) in [6.07, 6.45) is 0. The van der Waals surface area contributed by atoms with E-state index in [1.807, 2.05) is 32.0 Å². The molecule has 0 spiro atoms. The molecule has 1 N–H and O–H groups in total. The topological polar surface area (TPSA) is 64.6 Å². The maximum absolute atomic E-state index is 11.7. The summed E-state index contributed by atoms with van der Waals surface area (Å²) < 4.78 is 34.0. The quantitative estimate of drug-likeness (QED) is 0.708. The zero-order chi connectivity index (χ0) is 15.9. The number of ether oxygens (including phenoxy) is 2. The minimum absolute atomic E-state index is 0.106. The molecular formula is C15H25NO4S. The highest BCUT2D eigenvalue weighted by molar-refractivity contribution is 7.91. The van der Waals surface area contributed by atoms with Crippen molar-refractivity contribution in [2.45, 2.75) is 26.8 Å². The Balaban J connectivity index is 2.77. The molecule has 1 rings (SSSR count). The van der Waals surface area contributed by atoms with Crippen LogP contribution in [-0.4, -0.2) is 46.3 Å². The molecule has 0 heterocycles. The van der Waals surface area contributed by atoms with E-state index in [4.69, 9.17) is 9.47 Å². The zero-order valence-electron chi connectivity index (χ0n) is 13.2. The SMILES string of the molecule is CCS(=O)(=O)CC(C)Nc1ccc(C)cc1OCCOC. The number of sulfone groups is 1. The molecule has 0 bridgehead atoms. The van der Waals surface area contributed by atoms with E-state index in [9.17, 15) is 8.42 Å². The van der Waals surface area contributed by atoms with Crippen LogP contribution in [0.15, 0.2) is 18.2 Å². The van der Waals surface area contributed by atoms with Crippen LogP contribution in [0.3, 0.4) is 0 Å². The molecular weight excluding hydrogens is 290 g/mol. The molecule has 6 heteroatoms. The summed E-state index contributed by atoms with van der Waals surface area (Å²) >= 11 is 0. The van der Waals surface area contributed by atoms with Crippen LogP contribution < -0.4 is 10.1 Å². The number of aryl methyl sites for hydroxylation is 1. The third-order valence-corrected chi connectivity index (χ3v) is 4.92. The van der Waals surface area contributed by atoms with Crippen molar-refractivity contribution in [3.05, 3.63) is 23.8 Å². The number of anilines is 1. The molecule has 0 aromatic heterocycles. The van der Waals surface area contributed by atoms with Crippen molar-refractivity contribution in [2.75, 3.05) is 37.1 Å². The van der Waals surface area contributed by atoms with E-state index < -0.39 is 9.84 Å². The predicted octanol–water partition coefficient (Wildman–Crippen LogP) is 2.26. The van der Waals surface area contributed by atoms with E-state index >= 15 is 0 Å². The number of hydrogen-bond donors (Lipinski definition) is 1. The minimum Gasteiger partial charge on any atom is -0.489 e. The molecule has 0 aliphatic rings. The van der Waals surface area contributed by atoms with Gasteiger partial charge in [0.2, 0.25) is 0 Å². The molecule has 120 valence electrons. The van der Waals surface area contributed by atoms with Gasteiger partial charge in [-0.25, -0.2) is 8.42 Å². The predicted molar refractivity (Wildman–Crippen MR) is 86.0 cm³/mol. The Morgan fingerprint density at radius 2 is 2.00 bits per heavy atom. The summed E-state index contributed by atoms with van der Waals surface area (Å²) in [6.45, 7) is 6.46. The van der Waals surface area contributed by atoms with E-state index in [1.54, 1.807) is 14.0 Å². The maximum Gasteiger partial charge on any atom is 0.152 e. The van der Waals surface area contributed by atoms with Crippen LogP contribution in [0.2, 0.25) is 0 Å². The lowest BCUT2D eigenvalue weighted by molar-refractivity contribution is 0.146. The molecule has 0 saturated carbocycles. The highest BCUT2D eigenvalue weighted by Gasteiger charge is 2.15. The largest absolute Gasteiger partial charge is 0.489 e. The molecule has 0 aliphatic carbocycles. The standard InChI is InChI=1S/C15H25NO4S/c1-5-21(17,18)11-13(3)16-14-7-6-12(2)10-15(14)20-9-8-19-4/h6-7,10,13,16H,5,8-9,11H2,1-4H3. The Hall–Kier alpha value is -1.27. The average molecular weight is 315 g/mol. The second-order valence-electron chi connectivity index (χ2n) is 5.09. The minimum atomic E-state index is -3.00. The lowest BCUT2D eigenvalue weighted by atomic mass is 10.2. The fraction of sp³-hybridized carbons (Fsp3) is 0.600. The Morgan fingerprint density at radius 3 is 2.62 bits per heavy atom. The first kappa shape index (κ1) is 17.8. The van der Waals surface area contributed by atoms with Gasteiger partial charge in [-0.2, -0.15) is 0 Å². The summed E-state index contributed by atoms with van der Waals surface area (Å²) in [5.74, 6) is 0.978. The van der Waals surface area contributed by atoms with Crippen LogP contribution in [0.1, 0.15) is 19.4 Å². The summed E-state index contributed by atoms with van der Waals surface area (Å²) in [6, 6.07) is 5.63. The highest BCUT2D eigenvalue weighted by atomic mass is 32.2. The second-order valence-corrected chi connectivity index (χ2v) is 7.48. The fourth-order valence-electron chi connectivity index (χ4n) is 1.91. The Bertz CT molecular complexity index is 543. The fourth-order valence-corrected chi connectivity index (χ4v) is 2.99. The molecule has 1 aromatic carbocycles. The summed E-state index contributed by atoms with van der Waals surface area (Å²) in [7, 11) is -1.38. The van der Waals surface area contributed by atoms with Crippen LogP contribution in [0, 0.1) is 6.92 Å². The first-order valence-corrected chi connectivity index (χ1v) is 8.89. The molecule has 1 aromatic rings. The van der Waals surface area contributed by atoms with Crippen molar-refractivity contribution in [1.82, 2.24) is 0 Å². The lowest BCUT2D eigenvalue weighted by Gasteiger charge is -2.18. The Morgan fingerprint density at radius 1 is 1.29 bits per heavy atom. The molecule has 0 fully saturated rings. The van der Waals surface area contributed by atoms with Gasteiger partial charge in [0.25, 0.3) is 0 Å². The molecule has 1 unspecified atom stereocenters. The number of rotatable bonds is 9. The van der Waals surface area contributed by atoms with E-state index in [0.717, 1.165) is 11.3 Å². The smallest absolute Gasteiger partial charge is 0.152 e. The van der Waals surface area contributed by atoms with Gasteiger partial charge in [0.15, 0.2) is 9.84 Å². The lowest BCUT2D eigenvalue weighted by Crippen LogP contribution is -2.27. The van der Waals surface area contributed by atoms with Crippen molar-refractivity contribution < 1.29 is 17.9 Å². The van der Waals surface area contributed by atoms with E-state index in [0.29, 0.717) is 19.0 Å². The Labute approximate surface area is 127 Å². The molecule has 5 nitrogen and oxygen atoms in total. The van der Waals surface area contributed by atoms with Crippen molar-refractivity contribution in [3.8, 4) is 5.75 Å². The normalized spacial score (nSPS) is 13.0. The molecule has 0 saturated heterocycles. The average Bonchev–Trinajstić information content (AvgIpc) is 2.41. The summed E-state index contributed by atoms with van der Waals surface area (Å²) in [4.78, 5) is 0. The molecule has 1 atom stereocenters. The number of methoxy groups -OCH3 is 1. The third-order valence-electron chi connectivity index (χ3n) is 3.03. The summed E-state index contributed by atoms with van der Waals surface area (Å²) in [5.41, 5.74) is 1.89. The first-order chi connectivity index (χ1) is 9.88. The van der Waals surface area contributed by atoms with Crippen molar-refractivity contribution >= 4 is 15.5 Å². The van der Waals surface area contributed by atoms with Crippen LogP contribution in [0.25, 0.3) is 0 Å². The van der Waals surface area contributed by atoms with Gasteiger partial charge in [-0.1, -0.05) is 13.0 Å². The van der Waals surface area contributed by atoms with E-state index in [1.165, 1.54) is 0 Å². The van der Waals surface area contributed by atoms with Crippen LogP contribution in [0.4, 0.5) is 5.69 Å². The van der Waals surface area contributed by atoms with Gasteiger partial charge >= 0.3 is 0 Å². The van der Waals surface area contributed by atoms with Gasteiger partial charge in [0.1, 0.15) is 12.4 Å². The second kappa shape index (κ2) is 8.24. The highest BCUT2D eigenvalue weighted by Crippen LogP contribution is 2.26. The zero-order valence-corrected chi connectivity index (χ0v) is 14.0. The van der Waals surface area contributed by atoms with Crippen LogP contribution >= 0.6 is 0 Å². The van der Waals surface area contributed by atoms with Crippen molar-refractivity contribution in [2.24, 2.45) is 0 Å². The van der Waals surface area contributed by atoms with Crippen LogP contribution in [0.5, 0.6) is 5.75 Å². The van der Waals surface area contributed by atoms with Gasteiger partial charge in [-0.3, -0.25) is 0 Å². The summed E-state index contributed by atoms with van der Waals surface area (Å²) in [5, 5.41) is 3.21. The maximum atomic E-state index is 11.7. The van der Waals surface area contributed by atoms with Crippen molar-refractivity contribution in [3.63, 3.8) is 0 Å². The van der Waals surface area contributed by atoms with Gasteiger partial charge in [0, 0.05) is 18.9 Å². The number of nitrogens with one attached hydrogen (secondary N) is 1. The van der Waals surface area contributed by atoms with E-state index in [-0.39, 0.29) is 17.5 Å². The van der Waals surface area contributed by atoms with E-state index in [2.05, 4.69) is 5.32 Å². The van der Waals surface area contributed by atoms with Crippen molar-refractivity contribution in [1.29, 1.82) is 0 Å². The molecule has 0 aliphatic heterocycles. The van der Waals surface area contributed by atoms with Gasteiger partial charge in [0.05, 0.1) is 18.0 Å². The first-order valence-electron chi connectivity index (χ1n) is 7.07. The van der Waals surface area contributed by atoms with Gasteiger partial charge in [-0.15, -0.1) is 0 Å². The molecule has 0 radical (unpaired) electrons.